The van der Waals surface area contributed by atoms with Crippen LogP contribution >= 0.6 is 0 Å². The van der Waals surface area contributed by atoms with E-state index in [1.54, 1.807) is 0 Å². The molecule has 0 saturated carbocycles. The summed E-state index contributed by atoms with van der Waals surface area (Å²) in [7, 11) is 0.750. The van der Waals surface area contributed by atoms with Gasteiger partial charge >= 0.3 is 26.2 Å². The van der Waals surface area contributed by atoms with Gasteiger partial charge in [-0.25, -0.2) is 0 Å². The van der Waals surface area contributed by atoms with Gasteiger partial charge in [0, 0.05) is 9.52 Å². The second-order valence-corrected chi connectivity index (χ2v) is 9.99. The SMILES string of the molecule is CC1=C(c2[c-]c3c(cc2)-c2ccccc2C3)C(C)C=C1C(C)(C)C.C[SiH]C.[Cl-].[Cl-].[Zr+3]. The van der Waals surface area contributed by atoms with Crippen LogP contribution in [0.4, 0.5) is 0 Å². The van der Waals surface area contributed by atoms with Crippen molar-refractivity contribution in [1.29, 1.82) is 0 Å². The third-order valence-corrected chi connectivity index (χ3v) is 5.48. The number of hydrogen-bond acceptors (Lipinski definition) is 0. The standard InChI is InChI=1S/C24H25.C2H7Si.2ClH.Zr/c1-15-12-22(24(3,4)5)16(2)23(15)18-10-11-21-19(14-18)13-17-8-6-7-9-20(17)21;1-3-2;;;/h6-12,15H,13H2,1-5H3;3H,1-2H3;2*1H;/q-1;;;;+3/p-2. The zero-order valence-corrected chi connectivity index (χ0v) is 24.3. The van der Waals surface area contributed by atoms with E-state index in [0.717, 1.165) is 15.9 Å². The second kappa shape index (κ2) is 12.0. The van der Waals surface area contributed by atoms with Crippen LogP contribution in [0, 0.1) is 17.4 Å². The maximum Gasteiger partial charge on any atom is 3.00 e. The zero-order chi connectivity index (χ0) is 19.8. The molecule has 0 aliphatic heterocycles. The zero-order valence-electron chi connectivity index (χ0n) is 19.2. The quantitative estimate of drug-likeness (QED) is 0.323. The van der Waals surface area contributed by atoms with Crippen LogP contribution < -0.4 is 24.8 Å². The van der Waals surface area contributed by atoms with Crippen LogP contribution in [0.3, 0.4) is 0 Å². The van der Waals surface area contributed by atoms with E-state index >= 15 is 0 Å². The van der Waals surface area contributed by atoms with Gasteiger partial charge in [-0.2, -0.15) is 0 Å². The van der Waals surface area contributed by atoms with Crippen LogP contribution in [0.2, 0.25) is 13.1 Å². The van der Waals surface area contributed by atoms with E-state index in [1.807, 2.05) is 0 Å². The van der Waals surface area contributed by atoms with Crippen LogP contribution in [0.1, 0.15) is 51.3 Å². The molecular formula is C26H32Cl2SiZr. The Morgan fingerprint density at radius 3 is 2.13 bits per heavy atom. The Labute approximate surface area is 217 Å². The minimum absolute atomic E-state index is 0. The fraction of sp³-hybridized carbons (Fsp3) is 0.385. The third kappa shape index (κ3) is 5.89. The number of halogens is 2. The molecular weight excluding hydrogens is 503 g/mol. The number of rotatable bonds is 1. The molecule has 158 valence electrons. The van der Waals surface area contributed by atoms with Crippen molar-refractivity contribution in [1.82, 2.24) is 0 Å². The predicted octanol–water partition coefficient (Wildman–Crippen LogP) is 0.978. The van der Waals surface area contributed by atoms with Crippen molar-refractivity contribution in [2.24, 2.45) is 11.3 Å². The Hall–Kier alpha value is -0.400. The van der Waals surface area contributed by atoms with Gasteiger partial charge in [0.25, 0.3) is 0 Å². The van der Waals surface area contributed by atoms with E-state index < -0.39 is 0 Å². The predicted molar refractivity (Wildman–Crippen MR) is 122 cm³/mol. The van der Waals surface area contributed by atoms with Crippen molar-refractivity contribution >= 4 is 15.1 Å². The maximum absolute atomic E-state index is 3.76. The summed E-state index contributed by atoms with van der Waals surface area (Å²) in [5.41, 5.74) is 11.4. The Morgan fingerprint density at radius 1 is 0.967 bits per heavy atom. The molecule has 4 rings (SSSR count). The van der Waals surface area contributed by atoms with Crippen LogP contribution in [0.15, 0.2) is 53.6 Å². The number of fused-ring (bicyclic) bond motifs is 3. The fourth-order valence-electron chi connectivity index (χ4n) is 4.42. The topological polar surface area (TPSA) is 0 Å². The van der Waals surface area contributed by atoms with E-state index in [4.69, 9.17) is 0 Å². The smallest absolute Gasteiger partial charge is 1.00 e. The molecule has 0 nitrogen and oxygen atoms in total. The normalized spacial score (nSPS) is 16.1. The Morgan fingerprint density at radius 2 is 1.57 bits per heavy atom. The molecule has 0 amide bonds. The molecule has 4 heteroatoms. The molecule has 2 aromatic carbocycles. The van der Waals surface area contributed by atoms with Gasteiger partial charge in [-0.15, -0.1) is 34.9 Å². The van der Waals surface area contributed by atoms with Crippen molar-refractivity contribution in [2.75, 3.05) is 0 Å². The first-order valence-electron chi connectivity index (χ1n) is 10.1. The molecule has 0 heterocycles. The third-order valence-electron chi connectivity index (χ3n) is 5.48. The molecule has 1 unspecified atom stereocenters. The van der Waals surface area contributed by atoms with E-state index in [1.165, 1.54) is 44.5 Å². The molecule has 2 aromatic rings. The second-order valence-electron chi connectivity index (χ2n) is 8.83. The molecule has 0 N–H and O–H groups in total. The number of allylic oxidation sites excluding steroid dienone is 4. The number of hydrogen-bond donors (Lipinski definition) is 0. The van der Waals surface area contributed by atoms with Gasteiger partial charge in [0.15, 0.2) is 0 Å². The van der Waals surface area contributed by atoms with Crippen molar-refractivity contribution in [3.63, 3.8) is 0 Å². The fourth-order valence-corrected chi connectivity index (χ4v) is 4.42. The first kappa shape index (κ1) is 29.6. The van der Waals surface area contributed by atoms with Gasteiger partial charge in [0.05, 0.1) is 0 Å². The molecule has 0 aromatic heterocycles. The summed E-state index contributed by atoms with van der Waals surface area (Å²) >= 11 is 0. The van der Waals surface area contributed by atoms with Crippen LogP contribution in [0.25, 0.3) is 16.7 Å². The molecule has 30 heavy (non-hydrogen) atoms. The van der Waals surface area contributed by atoms with E-state index in [9.17, 15) is 0 Å². The van der Waals surface area contributed by atoms with Crippen molar-refractivity contribution in [3.8, 4) is 11.1 Å². The molecule has 0 saturated heterocycles. The Bertz CT molecular complexity index is 923. The van der Waals surface area contributed by atoms with Crippen LogP contribution in [0.5, 0.6) is 0 Å². The molecule has 2 aliphatic rings. The van der Waals surface area contributed by atoms with Gasteiger partial charge in [0.2, 0.25) is 0 Å². The van der Waals surface area contributed by atoms with E-state index in [2.05, 4.69) is 96.3 Å². The summed E-state index contributed by atoms with van der Waals surface area (Å²) in [6.07, 6.45) is 3.46. The molecule has 2 aliphatic carbocycles. The summed E-state index contributed by atoms with van der Waals surface area (Å²) in [4.78, 5) is 0. The van der Waals surface area contributed by atoms with Gasteiger partial charge < -0.3 is 24.8 Å². The average Bonchev–Trinajstić information content (AvgIpc) is 3.11. The summed E-state index contributed by atoms with van der Waals surface area (Å²) in [6, 6.07) is 17.1. The summed E-state index contributed by atoms with van der Waals surface area (Å²) < 4.78 is 0. The summed E-state index contributed by atoms with van der Waals surface area (Å²) in [6.45, 7) is 15.9. The maximum atomic E-state index is 3.76. The Kier molecular flexibility index (Phi) is 11.8. The molecule has 0 spiro atoms. The average molecular weight is 535 g/mol. The van der Waals surface area contributed by atoms with Crippen molar-refractivity contribution < 1.29 is 51.0 Å². The van der Waals surface area contributed by atoms with E-state index in [-0.39, 0.29) is 56.4 Å². The minimum atomic E-state index is 0. The largest absolute Gasteiger partial charge is 3.00 e. The molecule has 0 fully saturated rings. The first-order chi connectivity index (χ1) is 12.8. The van der Waals surface area contributed by atoms with Gasteiger partial charge in [-0.1, -0.05) is 93.4 Å². The molecule has 0 bridgehead atoms. The van der Waals surface area contributed by atoms with Gasteiger partial charge in [0.1, 0.15) is 0 Å². The van der Waals surface area contributed by atoms with Crippen molar-refractivity contribution in [3.05, 3.63) is 76.4 Å². The minimum Gasteiger partial charge on any atom is -1.00 e. The molecule has 2 radical (unpaired) electrons. The number of benzene rings is 2. The summed E-state index contributed by atoms with van der Waals surface area (Å²) in [5, 5.41) is 0. The first-order valence-corrected chi connectivity index (χ1v) is 12.4. The van der Waals surface area contributed by atoms with E-state index in [0.29, 0.717) is 5.92 Å². The van der Waals surface area contributed by atoms with Gasteiger partial charge in [-0.05, 0) is 30.2 Å². The van der Waals surface area contributed by atoms with Crippen LogP contribution in [-0.4, -0.2) is 9.52 Å². The van der Waals surface area contributed by atoms with Gasteiger partial charge in [-0.3, -0.25) is 0 Å². The summed E-state index contributed by atoms with van der Waals surface area (Å²) in [5.74, 6) is 0.470. The van der Waals surface area contributed by atoms with Crippen molar-refractivity contribution in [2.45, 2.75) is 54.1 Å². The Balaban J connectivity index is 0.00000133. The van der Waals surface area contributed by atoms with Crippen LogP contribution in [-0.2, 0) is 32.6 Å². The monoisotopic (exact) mass is 532 g/mol. The molecule has 1 atom stereocenters.